The lowest BCUT2D eigenvalue weighted by Crippen LogP contribution is -2.23. The third-order valence-electron chi connectivity index (χ3n) is 3.13. The van der Waals surface area contributed by atoms with E-state index >= 15 is 0 Å². The summed E-state index contributed by atoms with van der Waals surface area (Å²) in [6.07, 6.45) is 4.24. The third kappa shape index (κ3) is 2.16. The summed E-state index contributed by atoms with van der Waals surface area (Å²) in [6.45, 7) is 2.92. The Kier molecular flexibility index (Phi) is 3.32. The third-order valence-corrected chi connectivity index (χ3v) is 4.03. The summed E-state index contributed by atoms with van der Waals surface area (Å²) in [5.41, 5.74) is 0.658. The molecule has 0 N–H and O–H groups in total. The molecule has 2 aromatic heterocycles. The minimum Gasteiger partial charge on any atom is -0.284 e. The number of hydrogen-bond donors (Lipinski definition) is 0. The molecule has 3 rings (SSSR count). The smallest absolute Gasteiger partial charge is 0.203 e. The molecular weight excluding hydrogens is 291 g/mol. The van der Waals surface area contributed by atoms with Gasteiger partial charge in [-0.2, -0.15) is 0 Å². The largest absolute Gasteiger partial charge is 0.284 e. The molecule has 0 aliphatic carbocycles. The molecule has 0 aromatic carbocycles. The Labute approximate surface area is 120 Å². The number of halogens is 2. The van der Waals surface area contributed by atoms with Gasteiger partial charge in [0.2, 0.25) is 4.77 Å². The van der Waals surface area contributed by atoms with Crippen LogP contribution >= 0.6 is 35.4 Å². The maximum atomic E-state index is 6.12. The molecule has 0 amide bonds. The molecule has 0 radical (unpaired) electrons. The molecule has 0 atom stereocenters. The molecule has 96 valence electrons. The van der Waals surface area contributed by atoms with Gasteiger partial charge in [-0.3, -0.25) is 9.30 Å². The van der Waals surface area contributed by atoms with Crippen LogP contribution in [0.3, 0.4) is 0 Å². The second-order valence-corrected chi connectivity index (χ2v) is 5.66. The van der Waals surface area contributed by atoms with Gasteiger partial charge in [-0.25, -0.2) is 4.68 Å². The van der Waals surface area contributed by atoms with Crippen LogP contribution in [0.1, 0.15) is 12.8 Å². The van der Waals surface area contributed by atoms with Gasteiger partial charge in [-0.1, -0.05) is 23.2 Å². The molecule has 2 aromatic rings. The maximum absolute atomic E-state index is 6.12. The number of nitrogens with zero attached hydrogens (tertiary/aromatic N) is 4. The summed E-state index contributed by atoms with van der Waals surface area (Å²) >= 11 is 17.5. The highest BCUT2D eigenvalue weighted by atomic mass is 35.5. The first-order chi connectivity index (χ1) is 8.65. The lowest BCUT2D eigenvalue weighted by Gasteiger charge is -2.13. The fourth-order valence-corrected chi connectivity index (χ4v) is 3.00. The average molecular weight is 303 g/mol. The number of rotatable bonds is 2. The van der Waals surface area contributed by atoms with Gasteiger partial charge in [-0.15, -0.1) is 5.10 Å². The summed E-state index contributed by atoms with van der Waals surface area (Å²) in [5.74, 6) is 0. The number of fused-ring (bicyclic) bond motifs is 1. The van der Waals surface area contributed by atoms with E-state index in [1.54, 1.807) is 21.3 Å². The molecule has 1 aliphatic heterocycles. The van der Waals surface area contributed by atoms with Crippen molar-refractivity contribution >= 4 is 41.1 Å². The highest BCUT2D eigenvalue weighted by molar-refractivity contribution is 7.71. The van der Waals surface area contributed by atoms with E-state index in [1.165, 1.54) is 12.8 Å². The number of likely N-dealkylation sites (tertiary alicyclic amines) is 1. The molecular formula is C11H12Cl2N4S. The fourth-order valence-electron chi connectivity index (χ4n) is 2.25. The zero-order chi connectivity index (χ0) is 12.7. The molecule has 18 heavy (non-hydrogen) atoms. The van der Waals surface area contributed by atoms with Crippen molar-refractivity contribution in [1.29, 1.82) is 0 Å². The van der Waals surface area contributed by atoms with E-state index in [1.807, 2.05) is 0 Å². The van der Waals surface area contributed by atoms with Gasteiger partial charge < -0.3 is 0 Å². The van der Waals surface area contributed by atoms with Crippen LogP contribution in [0.25, 0.3) is 5.65 Å². The molecule has 4 nitrogen and oxygen atoms in total. The van der Waals surface area contributed by atoms with Crippen molar-refractivity contribution in [3.05, 3.63) is 27.1 Å². The minimum atomic E-state index is 0.522. The van der Waals surface area contributed by atoms with Crippen LogP contribution in [0, 0.1) is 4.77 Å². The Balaban J connectivity index is 2.05. The average Bonchev–Trinajstić information content (AvgIpc) is 2.91. The summed E-state index contributed by atoms with van der Waals surface area (Å²) in [5, 5.41) is 5.54. The topological polar surface area (TPSA) is 25.5 Å². The van der Waals surface area contributed by atoms with E-state index < -0.39 is 0 Å². The van der Waals surface area contributed by atoms with Crippen LogP contribution in [0.2, 0.25) is 10.0 Å². The molecule has 1 fully saturated rings. The number of aromatic nitrogens is 3. The Bertz CT molecular complexity index is 642. The van der Waals surface area contributed by atoms with Gasteiger partial charge in [0.1, 0.15) is 0 Å². The summed E-state index contributed by atoms with van der Waals surface area (Å²) in [4.78, 5) is 2.33. The van der Waals surface area contributed by atoms with Crippen molar-refractivity contribution in [1.82, 2.24) is 19.1 Å². The summed E-state index contributed by atoms with van der Waals surface area (Å²) in [7, 11) is 0. The van der Waals surface area contributed by atoms with Gasteiger partial charge in [0, 0.05) is 6.20 Å². The van der Waals surface area contributed by atoms with Crippen molar-refractivity contribution in [2.75, 3.05) is 13.1 Å². The Hall–Kier alpha value is -0.620. The first-order valence-corrected chi connectivity index (χ1v) is 6.98. The molecule has 0 bridgehead atoms. The van der Waals surface area contributed by atoms with E-state index in [-0.39, 0.29) is 0 Å². The van der Waals surface area contributed by atoms with Gasteiger partial charge in [0.15, 0.2) is 5.65 Å². The zero-order valence-corrected chi connectivity index (χ0v) is 12.0. The van der Waals surface area contributed by atoms with Crippen molar-refractivity contribution in [2.24, 2.45) is 0 Å². The second kappa shape index (κ2) is 4.81. The summed E-state index contributed by atoms with van der Waals surface area (Å²) < 4.78 is 4.19. The molecule has 7 heteroatoms. The predicted octanol–water partition coefficient (Wildman–Crippen LogP) is 3.23. The van der Waals surface area contributed by atoms with Crippen LogP contribution < -0.4 is 0 Å². The lowest BCUT2D eigenvalue weighted by molar-refractivity contribution is 0.254. The van der Waals surface area contributed by atoms with Crippen LogP contribution in [-0.4, -0.2) is 32.2 Å². The molecule has 0 saturated carbocycles. The summed E-state index contributed by atoms with van der Waals surface area (Å²) in [6, 6.07) is 1.68. The Morgan fingerprint density at radius 1 is 1.28 bits per heavy atom. The van der Waals surface area contributed by atoms with Gasteiger partial charge in [0.05, 0.1) is 16.7 Å². The number of hydrogen-bond acceptors (Lipinski definition) is 3. The van der Waals surface area contributed by atoms with Crippen LogP contribution in [-0.2, 0) is 6.67 Å². The Morgan fingerprint density at radius 3 is 2.72 bits per heavy atom. The molecule has 1 saturated heterocycles. The van der Waals surface area contributed by atoms with E-state index in [0.717, 1.165) is 13.1 Å². The lowest BCUT2D eigenvalue weighted by atomic mass is 10.4. The van der Waals surface area contributed by atoms with Gasteiger partial charge in [0.25, 0.3) is 0 Å². The van der Waals surface area contributed by atoms with Crippen molar-refractivity contribution < 1.29 is 0 Å². The van der Waals surface area contributed by atoms with E-state index in [2.05, 4.69) is 10.00 Å². The van der Waals surface area contributed by atoms with E-state index in [9.17, 15) is 0 Å². The van der Waals surface area contributed by atoms with Gasteiger partial charge >= 0.3 is 0 Å². The first kappa shape index (κ1) is 12.4. The highest BCUT2D eigenvalue weighted by Gasteiger charge is 2.15. The normalized spacial score (nSPS) is 16.8. The second-order valence-electron chi connectivity index (χ2n) is 4.45. The van der Waals surface area contributed by atoms with E-state index in [0.29, 0.717) is 27.1 Å². The molecule has 3 heterocycles. The first-order valence-electron chi connectivity index (χ1n) is 5.82. The van der Waals surface area contributed by atoms with Gasteiger partial charge in [-0.05, 0) is 44.2 Å². The predicted molar refractivity (Wildman–Crippen MR) is 74.8 cm³/mol. The fraction of sp³-hybridized carbons (Fsp3) is 0.455. The van der Waals surface area contributed by atoms with Crippen molar-refractivity contribution in [3.8, 4) is 0 Å². The van der Waals surface area contributed by atoms with Crippen molar-refractivity contribution in [2.45, 2.75) is 19.5 Å². The SMILES string of the molecule is S=c1n(CN2CCCC2)nc2c(Cl)cc(Cl)cn12. The van der Waals surface area contributed by atoms with Crippen LogP contribution in [0.4, 0.5) is 0 Å². The van der Waals surface area contributed by atoms with Crippen molar-refractivity contribution in [3.63, 3.8) is 0 Å². The monoisotopic (exact) mass is 302 g/mol. The zero-order valence-electron chi connectivity index (χ0n) is 9.64. The molecule has 1 aliphatic rings. The van der Waals surface area contributed by atoms with E-state index in [4.69, 9.17) is 35.4 Å². The van der Waals surface area contributed by atoms with Crippen LogP contribution in [0.5, 0.6) is 0 Å². The number of pyridine rings is 1. The standard InChI is InChI=1S/C11H12Cl2N4S/c12-8-5-9(13)10-14-17(11(18)16(10)6-8)7-15-3-1-2-4-15/h5-6H,1-4,7H2. The maximum Gasteiger partial charge on any atom is 0.203 e. The molecule has 0 spiro atoms. The van der Waals surface area contributed by atoms with Crippen LogP contribution in [0.15, 0.2) is 12.3 Å². The molecule has 0 unspecified atom stereocenters. The highest BCUT2D eigenvalue weighted by Crippen LogP contribution is 2.21. The minimum absolute atomic E-state index is 0.522. The Morgan fingerprint density at radius 2 is 2.00 bits per heavy atom. The quantitative estimate of drug-likeness (QED) is 0.797.